The highest BCUT2D eigenvalue weighted by Gasteiger charge is 2.19. The number of para-hydroxylation sites is 1. The van der Waals surface area contributed by atoms with Gasteiger partial charge in [-0.25, -0.2) is 0 Å². The monoisotopic (exact) mass is 360 g/mol. The molecular formula is C13H18Br2N2. The van der Waals surface area contributed by atoms with E-state index < -0.39 is 0 Å². The Morgan fingerprint density at radius 2 is 1.82 bits per heavy atom. The summed E-state index contributed by atoms with van der Waals surface area (Å²) in [5.74, 6) is 0. The van der Waals surface area contributed by atoms with Crippen LogP contribution in [0, 0.1) is 0 Å². The van der Waals surface area contributed by atoms with Crippen LogP contribution < -0.4 is 5.32 Å². The first-order valence-electron chi connectivity index (χ1n) is 6.13. The summed E-state index contributed by atoms with van der Waals surface area (Å²) in [6.07, 6.45) is 2.45. The summed E-state index contributed by atoms with van der Waals surface area (Å²) in [7, 11) is 0. The predicted molar refractivity (Wildman–Crippen MR) is 80.6 cm³/mol. The van der Waals surface area contributed by atoms with Gasteiger partial charge in [0.05, 0.1) is 5.69 Å². The Labute approximate surface area is 120 Å². The van der Waals surface area contributed by atoms with Crippen LogP contribution in [0.5, 0.6) is 0 Å². The molecule has 1 aliphatic heterocycles. The minimum atomic E-state index is 0.591. The molecule has 0 atom stereocenters. The summed E-state index contributed by atoms with van der Waals surface area (Å²) >= 11 is 7.19. The van der Waals surface area contributed by atoms with E-state index in [-0.39, 0.29) is 0 Å². The van der Waals surface area contributed by atoms with Crippen molar-refractivity contribution in [1.29, 1.82) is 0 Å². The van der Waals surface area contributed by atoms with Crippen LogP contribution in [0.25, 0.3) is 0 Å². The van der Waals surface area contributed by atoms with E-state index in [1.165, 1.54) is 38.2 Å². The molecule has 2 rings (SSSR count). The van der Waals surface area contributed by atoms with Crippen LogP contribution in [-0.2, 0) is 0 Å². The molecule has 1 aliphatic rings. The molecule has 0 aromatic heterocycles. The van der Waals surface area contributed by atoms with E-state index in [0.29, 0.717) is 6.04 Å². The zero-order chi connectivity index (χ0) is 12.3. The third-order valence-electron chi connectivity index (χ3n) is 3.35. The van der Waals surface area contributed by atoms with Gasteiger partial charge in [0.2, 0.25) is 0 Å². The Bertz CT molecular complexity index is 353. The number of nitrogens with zero attached hydrogens (tertiary/aromatic N) is 1. The minimum Gasteiger partial charge on any atom is -0.380 e. The SMILES string of the molecule is CCN1CCC(Nc2c(Br)cccc2Br)CC1. The molecule has 1 fully saturated rings. The van der Waals surface area contributed by atoms with Gasteiger partial charge < -0.3 is 10.2 Å². The van der Waals surface area contributed by atoms with Gasteiger partial charge in [-0.05, 0) is 63.4 Å². The molecular weight excluding hydrogens is 344 g/mol. The van der Waals surface area contributed by atoms with Gasteiger partial charge in [-0.2, -0.15) is 0 Å². The maximum absolute atomic E-state index is 3.64. The van der Waals surface area contributed by atoms with E-state index >= 15 is 0 Å². The summed E-state index contributed by atoms with van der Waals surface area (Å²) in [5, 5.41) is 3.64. The fourth-order valence-electron chi connectivity index (χ4n) is 2.23. The lowest BCUT2D eigenvalue weighted by Crippen LogP contribution is -2.38. The zero-order valence-corrected chi connectivity index (χ0v) is 13.2. The van der Waals surface area contributed by atoms with Crippen molar-refractivity contribution in [1.82, 2.24) is 4.90 Å². The Morgan fingerprint density at radius 1 is 1.24 bits per heavy atom. The molecule has 1 heterocycles. The highest BCUT2D eigenvalue weighted by molar-refractivity contribution is 9.11. The van der Waals surface area contributed by atoms with Gasteiger partial charge in [0.25, 0.3) is 0 Å². The molecule has 0 amide bonds. The van der Waals surface area contributed by atoms with Crippen molar-refractivity contribution in [2.45, 2.75) is 25.8 Å². The molecule has 1 aromatic rings. The number of halogens is 2. The average molecular weight is 362 g/mol. The first-order chi connectivity index (χ1) is 8.20. The van der Waals surface area contributed by atoms with Crippen molar-refractivity contribution in [3.05, 3.63) is 27.1 Å². The van der Waals surface area contributed by atoms with Crippen molar-refractivity contribution >= 4 is 37.5 Å². The highest BCUT2D eigenvalue weighted by atomic mass is 79.9. The standard InChI is InChI=1S/C13H18Br2N2/c1-2-17-8-6-10(7-9-17)16-13-11(14)4-3-5-12(13)15/h3-5,10,16H,2,6-9H2,1H3. The van der Waals surface area contributed by atoms with Crippen LogP contribution in [0.15, 0.2) is 27.1 Å². The molecule has 2 nitrogen and oxygen atoms in total. The van der Waals surface area contributed by atoms with Crippen molar-refractivity contribution in [3.63, 3.8) is 0 Å². The molecule has 0 spiro atoms. The smallest absolute Gasteiger partial charge is 0.0631 e. The number of anilines is 1. The minimum absolute atomic E-state index is 0.591. The average Bonchev–Trinajstić information content (AvgIpc) is 2.35. The van der Waals surface area contributed by atoms with Gasteiger partial charge in [-0.3, -0.25) is 0 Å². The van der Waals surface area contributed by atoms with Gasteiger partial charge in [-0.15, -0.1) is 0 Å². The van der Waals surface area contributed by atoms with E-state index in [9.17, 15) is 0 Å². The third-order valence-corrected chi connectivity index (χ3v) is 4.67. The molecule has 1 aromatic carbocycles. The molecule has 4 heteroatoms. The van der Waals surface area contributed by atoms with Crippen molar-refractivity contribution < 1.29 is 0 Å². The summed E-state index contributed by atoms with van der Waals surface area (Å²) in [6.45, 7) is 5.82. The summed E-state index contributed by atoms with van der Waals surface area (Å²) in [6, 6.07) is 6.79. The second-order valence-corrected chi connectivity index (χ2v) is 6.16. The molecule has 0 unspecified atom stereocenters. The second kappa shape index (κ2) is 6.21. The number of piperidine rings is 1. The molecule has 1 N–H and O–H groups in total. The van der Waals surface area contributed by atoms with Crippen molar-refractivity contribution in [2.24, 2.45) is 0 Å². The maximum Gasteiger partial charge on any atom is 0.0631 e. The van der Waals surface area contributed by atoms with Gasteiger partial charge in [0.15, 0.2) is 0 Å². The molecule has 0 saturated carbocycles. The zero-order valence-electron chi connectivity index (χ0n) is 10.0. The lowest BCUT2D eigenvalue weighted by Gasteiger charge is -2.32. The first-order valence-corrected chi connectivity index (χ1v) is 7.72. The van der Waals surface area contributed by atoms with E-state index in [1.54, 1.807) is 0 Å². The van der Waals surface area contributed by atoms with Crippen LogP contribution >= 0.6 is 31.9 Å². The fourth-order valence-corrected chi connectivity index (χ4v) is 3.46. The van der Waals surface area contributed by atoms with Gasteiger partial charge in [0.1, 0.15) is 0 Å². The van der Waals surface area contributed by atoms with Crippen LogP contribution in [0.3, 0.4) is 0 Å². The van der Waals surface area contributed by atoms with E-state index in [2.05, 4.69) is 61.1 Å². The topological polar surface area (TPSA) is 15.3 Å². The van der Waals surface area contributed by atoms with Crippen LogP contribution in [0.2, 0.25) is 0 Å². The van der Waals surface area contributed by atoms with Gasteiger partial charge in [0, 0.05) is 28.1 Å². The summed E-state index contributed by atoms with van der Waals surface area (Å²) < 4.78 is 2.26. The predicted octanol–water partition coefficient (Wildman–Crippen LogP) is 4.11. The Balaban J connectivity index is 1.98. The maximum atomic E-state index is 3.64. The Hall–Kier alpha value is -0.0600. The van der Waals surface area contributed by atoms with Crippen molar-refractivity contribution in [2.75, 3.05) is 25.0 Å². The van der Waals surface area contributed by atoms with Gasteiger partial charge >= 0.3 is 0 Å². The summed E-state index contributed by atoms with van der Waals surface area (Å²) in [4.78, 5) is 2.51. The lowest BCUT2D eigenvalue weighted by molar-refractivity contribution is 0.229. The summed E-state index contributed by atoms with van der Waals surface area (Å²) in [5.41, 5.74) is 1.18. The number of nitrogens with one attached hydrogen (secondary N) is 1. The van der Waals surface area contributed by atoms with Crippen molar-refractivity contribution in [3.8, 4) is 0 Å². The fraction of sp³-hybridized carbons (Fsp3) is 0.538. The molecule has 17 heavy (non-hydrogen) atoms. The number of likely N-dealkylation sites (tertiary alicyclic amines) is 1. The van der Waals surface area contributed by atoms with E-state index in [0.717, 1.165) is 8.95 Å². The number of hydrogen-bond acceptors (Lipinski definition) is 2. The second-order valence-electron chi connectivity index (χ2n) is 4.45. The lowest BCUT2D eigenvalue weighted by atomic mass is 10.0. The van der Waals surface area contributed by atoms with Crippen LogP contribution in [-0.4, -0.2) is 30.6 Å². The molecule has 94 valence electrons. The van der Waals surface area contributed by atoms with Crippen LogP contribution in [0.4, 0.5) is 5.69 Å². The first kappa shape index (κ1) is 13.4. The quantitative estimate of drug-likeness (QED) is 0.871. The largest absolute Gasteiger partial charge is 0.380 e. The molecule has 0 radical (unpaired) electrons. The Morgan fingerprint density at radius 3 is 2.35 bits per heavy atom. The molecule has 0 aliphatic carbocycles. The van der Waals surface area contributed by atoms with E-state index in [1.807, 2.05) is 6.07 Å². The number of hydrogen-bond donors (Lipinski definition) is 1. The normalized spacial score (nSPS) is 18.3. The number of rotatable bonds is 3. The molecule has 1 saturated heterocycles. The third kappa shape index (κ3) is 3.46. The highest BCUT2D eigenvalue weighted by Crippen LogP contribution is 2.32. The number of benzene rings is 1. The Kier molecular flexibility index (Phi) is 4.88. The van der Waals surface area contributed by atoms with Crippen LogP contribution in [0.1, 0.15) is 19.8 Å². The molecule has 0 bridgehead atoms. The van der Waals surface area contributed by atoms with Gasteiger partial charge in [-0.1, -0.05) is 13.0 Å². The van der Waals surface area contributed by atoms with E-state index in [4.69, 9.17) is 0 Å².